The minimum Gasteiger partial charge on any atom is -0.481 e. The number of carboxylic acid groups (broad SMARTS) is 1. The number of carboxylic acids is 1. The number of hydrogen-bond acceptors (Lipinski definition) is 4. The fourth-order valence-electron chi connectivity index (χ4n) is 2.07. The Morgan fingerprint density at radius 2 is 2.15 bits per heavy atom. The van der Waals surface area contributed by atoms with Crippen LogP contribution in [0.15, 0.2) is 22.7 Å². The second-order valence-electron chi connectivity index (χ2n) is 4.40. The number of amides is 1. The van der Waals surface area contributed by atoms with Crippen molar-refractivity contribution in [3.8, 4) is 0 Å². The van der Waals surface area contributed by atoms with E-state index in [2.05, 4.69) is 20.7 Å². The molecule has 0 spiro atoms. The summed E-state index contributed by atoms with van der Waals surface area (Å²) in [7, 11) is 1.28. The van der Waals surface area contributed by atoms with Crippen molar-refractivity contribution in [3.63, 3.8) is 0 Å². The molecule has 1 heterocycles. The van der Waals surface area contributed by atoms with Crippen molar-refractivity contribution in [1.82, 2.24) is 0 Å². The maximum atomic E-state index is 11.8. The highest BCUT2D eigenvalue weighted by Gasteiger charge is 2.35. The summed E-state index contributed by atoms with van der Waals surface area (Å²) in [6.07, 6.45) is -0.00823. The maximum Gasteiger partial charge on any atom is 0.339 e. The monoisotopic (exact) mass is 341 g/mol. The zero-order valence-electron chi connectivity index (χ0n) is 10.6. The van der Waals surface area contributed by atoms with E-state index < -0.39 is 17.9 Å². The second kappa shape index (κ2) is 5.62. The van der Waals surface area contributed by atoms with Crippen molar-refractivity contribution in [3.05, 3.63) is 28.2 Å². The number of carbonyl (C=O) groups excluding carboxylic acids is 2. The third-order valence-electron chi connectivity index (χ3n) is 3.14. The Labute approximate surface area is 123 Å². The van der Waals surface area contributed by atoms with Crippen LogP contribution in [-0.2, 0) is 14.3 Å². The number of ether oxygens (including phenoxy) is 1. The fourth-order valence-corrected chi connectivity index (χ4v) is 2.60. The molecule has 1 unspecified atom stereocenters. The van der Waals surface area contributed by atoms with E-state index in [0.29, 0.717) is 15.7 Å². The van der Waals surface area contributed by atoms with E-state index in [1.54, 1.807) is 12.1 Å². The Bertz CT molecular complexity index is 586. The number of anilines is 1. The van der Waals surface area contributed by atoms with Crippen LogP contribution >= 0.6 is 15.9 Å². The van der Waals surface area contributed by atoms with Gasteiger partial charge in [0.2, 0.25) is 5.91 Å². The number of halogens is 1. The van der Waals surface area contributed by atoms with Gasteiger partial charge in [-0.3, -0.25) is 9.59 Å². The third kappa shape index (κ3) is 2.67. The number of hydrogen-bond donors (Lipinski definition) is 1. The van der Waals surface area contributed by atoms with Crippen molar-refractivity contribution in [2.75, 3.05) is 18.6 Å². The molecule has 1 aromatic rings. The summed E-state index contributed by atoms with van der Waals surface area (Å²) in [5.41, 5.74) is 0.899. The molecule has 7 heteroatoms. The molecule has 6 nitrogen and oxygen atoms in total. The lowest BCUT2D eigenvalue weighted by molar-refractivity contribution is -0.141. The first-order chi connectivity index (χ1) is 9.43. The topological polar surface area (TPSA) is 83.9 Å². The highest BCUT2D eigenvalue weighted by atomic mass is 79.9. The van der Waals surface area contributed by atoms with Gasteiger partial charge >= 0.3 is 11.9 Å². The van der Waals surface area contributed by atoms with Gasteiger partial charge in [-0.25, -0.2) is 4.79 Å². The van der Waals surface area contributed by atoms with Gasteiger partial charge in [0.1, 0.15) is 0 Å². The number of methoxy groups -OCH3 is 1. The summed E-state index contributed by atoms with van der Waals surface area (Å²) >= 11 is 3.24. The molecule has 106 valence electrons. The van der Waals surface area contributed by atoms with Crippen LogP contribution in [0.25, 0.3) is 0 Å². The Balaban J connectivity index is 2.26. The largest absolute Gasteiger partial charge is 0.481 e. The Hall–Kier alpha value is -1.89. The molecular formula is C13H12BrNO5. The minimum absolute atomic E-state index is 0.00823. The lowest BCUT2D eigenvalue weighted by Crippen LogP contribution is -2.25. The number of benzene rings is 1. The van der Waals surface area contributed by atoms with Crippen molar-refractivity contribution in [1.29, 1.82) is 0 Å². The number of rotatable bonds is 3. The van der Waals surface area contributed by atoms with Gasteiger partial charge < -0.3 is 14.7 Å². The predicted octanol–water partition coefficient (Wildman–Crippen LogP) is 1.67. The summed E-state index contributed by atoms with van der Waals surface area (Å²) in [5, 5.41) is 8.95. The minimum atomic E-state index is -0.980. The molecule has 1 amide bonds. The van der Waals surface area contributed by atoms with E-state index in [1.807, 2.05) is 0 Å². The van der Waals surface area contributed by atoms with Gasteiger partial charge in [0.05, 0.1) is 18.6 Å². The van der Waals surface area contributed by atoms with E-state index in [4.69, 9.17) is 5.11 Å². The highest BCUT2D eigenvalue weighted by molar-refractivity contribution is 9.10. The van der Waals surface area contributed by atoms with Crippen molar-refractivity contribution >= 4 is 39.5 Å². The summed E-state index contributed by atoms with van der Waals surface area (Å²) in [4.78, 5) is 35.6. The van der Waals surface area contributed by atoms with E-state index >= 15 is 0 Å². The summed E-state index contributed by atoms with van der Waals surface area (Å²) in [6.45, 7) is 0.137. The van der Waals surface area contributed by atoms with Gasteiger partial charge in [-0.15, -0.1) is 0 Å². The molecule has 1 saturated heterocycles. The molecule has 0 saturated carbocycles. The summed E-state index contributed by atoms with van der Waals surface area (Å²) in [6, 6.07) is 4.74. The molecule has 0 bridgehead atoms. The number of nitrogens with zero attached hydrogens (tertiary/aromatic N) is 1. The van der Waals surface area contributed by atoms with Crippen LogP contribution in [0.4, 0.5) is 5.69 Å². The summed E-state index contributed by atoms with van der Waals surface area (Å²) in [5.74, 6) is -2.40. The van der Waals surface area contributed by atoms with Crippen LogP contribution < -0.4 is 4.90 Å². The molecule has 1 aliphatic heterocycles. The van der Waals surface area contributed by atoms with Crippen LogP contribution in [0.5, 0.6) is 0 Å². The average Bonchev–Trinajstić information content (AvgIpc) is 2.80. The SMILES string of the molecule is COC(=O)c1ccc(N2CC(C(=O)O)CC2=O)cc1Br. The molecule has 1 aliphatic rings. The fraction of sp³-hybridized carbons (Fsp3) is 0.308. The second-order valence-corrected chi connectivity index (χ2v) is 5.25. The smallest absolute Gasteiger partial charge is 0.339 e. The molecule has 1 N–H and O–H groups in total. The first-order valence-corrected chi connectivity index (χ1v) is 6.64. The molecule has 0 aliphatic carbocycles. The van der Waals surface area contributed by atoms with Gasteiger partial charge in [-0.1, -0.05) is 0 Å². The van der Waals surface area contributed by atoms with Gasteiger partial charge in [0.15, 0.2) is 0 Å². The number of aliphatic carboxylic acids is 1. The van der Waals surface area contributed by atoms with Crippen molar-refractivity contribution in [2.24, 2.45) is 5.92 Å². The van der Waals surface area contributed by atoms with Crippen molar-refractivity contribution < 1.29 is 24.2 Å². The maximum absolute atomic E-state index is 11.8. The quantitative estimate of drug-likeness (QED) is 0.845. The predicted molar refractivity (Wildman–Crippen MR) is 73.6 cm³/mol. The van der Waals surface area contributed by atoms with Crippen LogP contribution in [-0.4, -0.2) is 36.6 Å². The van der Waals surface area contributed by atoms with Crippen LogP contribution in [0, 0.1) is 5.92 Å². The molecule has 0 radical (unpaired) electrons. The zero-order chi connectivity index (χ0) is 14.9. The highest BCUT2D eigenvalue weighted by Crippen LogP contribution is 2.29. The lowest BCUT2D eigenvalue weighted by atomic mass is 10.1. The van der Waals surface area contributed by atoms with Gasteiger partial charge in [0.25, 0.3) is 0 Å². The average molecular weight is 342 g/mol. The zero-order valence-corrected chi connectivity index (χ0v) is 12.2. The first kappa shape index (κ1) is 14.5. The molecule has 0 aromatic heterocycles. The standard InChI is InChI=1S/C13H12BrNO5/c1-20-13(19)9-3-2-8(5-10(9)14)15-6-7(12(17)18)4-11(15)16/h2-3,5,7H,4,6H2,1H3,(H,17,18). The Morgan fingerprint density at radius 1 is 1.45 bits per heavy atom. The van der Waals surface area contributed by atoms with E-state index in [-0.39, 0.29) is 18.9 Å². The first-order valence-electron chi connectivity index (χ1n) is 5.85. The third-order valence-corrected chi connectivity index (χ3v) is 3.80. The molecule has 2 rings (SSSR count). The summed E-state index contributed by atoms with van der Waals surface area (Å²) < 4.78 is 5.12. The van der Waals surface area contributed by atoms with Crippen LogP contribution in [0.3, 0.4) is 0 Å². The van der Waals surface area contributed by atoms with Crippen LogP contribution in [0.2, 0.25) is 0 Å². The molecule has 1 aromatic carbocycles. The van der Waals surface area contributed by atoms with Crippen LogP contribution in [0.1, 0.15) is 16.8 Å². The Kier molecular flexibility index (Phi) is 4.08. The van der Waals surface area contributed by atoms with Gasteiger partial charge in [-0.05, 0) is 34.1 Å². The van der Waals surface area contributed by atoms with Gasteiger partial charge in [-0.2, -0.15) is 0 Å². The lowest BCUT2D eigenvalue weighted by Gasteiger charge is -2.17. The molecule has 1 fully saturated rings. The molecule has 20 heavy (non-hydrogen) atoms. The molecule has 1 atom stereocenters. The van der Waals surface area contributed by atoms with E-state index in [9.17, 15) is 14.4 Å². The number of carbonyl (C=O) groups is 3. The Morgan fingerprint density at radius 3 is 2.65 bits per heavy atom. The van der Waals surface area contributed by atoms with E-state index in [1.165, 1.54) is 18.1 Å². The van der Waals surface area contributed by atoms with Crippen molar-refractivity contribution in [2.45, 2.75) is 6.42 Å². The number of esters is 1. The van der Waals surface area contributed by atoms with Gasteiger partial charge in [0, 0.05) is 23.1 Å². The van der Waals surface area contributed by atoms with E-state index in [0.717, 1.165) is 0 Å². The molecular weight excluding hydrogens is 330 g/mol. The normalized spacial score (nSPS) is 18.2.